The highest BCUT2D eigenvalue weighted by Crippen LogP contribution is 2.18. The fraction of sp³-hybridized carbons (Fsp3) is 0.917. The molecule has 1 amide bonds. The highest BCUT2D eigenvalue weighted by atomic mass is 16.2. The van der Waals surface area contributed by atoms with Crippen molar-refractivity contribution in [1.82, 2.24) is 15.5 Å². The van der Waals surface area contributed by atoms with Crippen LogP contribution in [0, 0.1) is 5.92 Å². The van der Waals surface area contributed by atoms with Crippen molar-refractivity contribution in [2.45, 2.75) is 32.2 Å². The second kappa shape index (κ2) is 6.86. The second-order valence-corrected chi connectivity index (χ2v) is 4.84. The fourth-order valence-electron chi connectivity index (χ4n) is 2.03. The molecule has 0 aliphatic carbocycles. The molecule has 1 fully saturated rings. The average Bonchev–Trinajstić information content (AvgIpc) is 2.30. The van der Waals surface area contributed by atoms with E-state index in [2.05, 4.69) is 22.6 Å². The van der Waals surface area contributed by atoms with Crippen LogP contribution in [0.3, 0.4) is 0 Å². The summed E-state index contributed by atoms with van der Waals surface area (Å²) in [5.74, 6) is 0.900. The van der Waals surface area contributed by atoms with Crippen molar-refractivity contribution in [3.63, 3.8) is 0 Å². The van der Waals surface area contributed by atoms with E-state index in [1.807, 2.05) is 6.92 Å². The quantitative estimate of drug-likeness (QED) is 0.716. The number of rotatable bonds is 5. The van der Waals surface area contributed by atoms with Crippen molar-refractivity contribution < 1.29 is 4.79 Å². The van der Waals surface area contributed by atoms with Gasteiger partial charge in [0, 0.05) is 6.54 Å². The molecule has 0 radical (unpaired) electrons. The van der Waals surface area contributed by atoms with Gasteiger partial charge in [0.1, 0.15) is 0 Å². The van der Waals surface area contributed by atoms with Gasteiger partial charge in [0.15, 0.2) is 0 Å². The normalized spacial score (nSPS) is 20.7. The molecule has 1 atom stereocenters. The number of carbonyl (C=O) groups excluding carboxylic acids is 1. The molecule has 0 aromatic rings. The molecule has 4 nitrogen and oxygen atoms in total. The third kappa shape index (κ3) is 4.49. The van der Waals surface area contributed by atoms with E-state index in [4.69, 9.17) is 0 Å². The Labute approximate surface area is 98.8 Å². The lowest BCUT2D eigenvalue weighted by Gasteiger charge is -2.29. The van der Waals surface area contributed by atoms with Gasteiger partial charge in [-0.25, -0.2) is 0 Å². The number of piperidine rings is 1. The SMILES string of the molecule is CNC(C)C(=O)NCCC1CCN(C)CC1. The molecular formula is C12H25N3O. The maximum absolute atomic E-state index is 11.5. The topological polar surface area (TPSA) is 44.4 Å². The summed E-state index contributed by atoms with van der Waals surface area (Å²) in [5, 5.41) is 5.92. The summed E-state index contributed by atoms with van der Waals surface area (Å²) >= 11 is 0. The molecule has 0 aromatic heterocycles. The van der Waals surface area contributed by atoms with E-state index in [0.29, 0.717) is 0 Å². The minimum absolute atomic E-state index is 0.0857. The molecule has 0 bridgehead atoms. The molecule has 1 unspecified atom stereocenters. The Hall–Kier alpha value is -0.610. The van der Waals surface area contributed by atoms with Crippen molar-refractivity contribution in [3.05, 3.63) is 0 Å². The molecule has 0 saturated carbocycles. The Kier molecular flexibility index (Phi) is 5.77. The molecule has 2 N–H and O–H groups in total. The number of amides is 1. The van der Waals surface area contributed by atoms with E-state index in [9.17, 15) is 4.79 Å². The molecule has 1 saturated heterocycles. The van der Waals surface area contributed by atoms with Crippen molar-refractivity contribution >= 4 is 5.91 Å². The van der Waals surface area contributed by atoms with Gasteiger partial charge in [0.2, 0.25) is 5.91 Å². The minimum atomic E-state index is -0.0857. The van der Waals surface area contributed by atoms with E-state index in [1.54, 1.807) is 7.05 Å². The number of likely N-dealkylation sites (N-methyl/N-ethyl adjacent to an activating group) is 1. The lowest BCUT2D eigenvalue weighted by atomic mass is 9.94. The van der Waals surface area contributed by atoms with E-state index in [1.165, 1.54) is 25.9 Å². The van der Waals surface area contributed by atoms with Crippen LogP contribution in [-0.2, 0) is 4.79 Å². The van der Waals surface area contributed by atoms with Gasteiger partial charge in [-0.15, -0.1) is 0 Å². The van der Waals surface area contributed by atoms with Crippen molar-refractivity contribution in [3.8, 4) is 0 Å². The largest absolute Gasteiger partial charge is 0.355 e. The molecule has 4 heteroatoms. The minimum Gasteiger partial charge on any atom is -0.355 e. The standard InChI is InChI=1S/C12H25N3O/c1-10(13-2)12(16)14-7-4-11-5-8-15(3)9-6-11/h10-11,13H,4-9H2,1-3H3,(H,14,16). The highest BCUT2D eigenvalue weighted by Gasteiger charge is 2.17. The first kappa shape index (κ1) is 13.5. The van der Waals surface area contributed by atoms with Crippen LogP contribution >= 0.6 is 0 Å². The van der Waals surface area contributed by atoms with Gasteiger partial charge in [-0.3, -0.25) is 4.79 Å². The van der Waals surface area contributed by atoms with Crippen molar-refractivity contribution in [2.24, 2.45) is 5.92 Å². The van der Waals surface area contributed by atoms with E-state index in [0.717, 1.165) is 18.9 Å². The number of likely N-dealkylation sites (tertiary alicyclic amines) is 1. The summed E-state index contributed by atoms with van der Waals surface area (Å²) < 4.78 is 0. The molecule has 94 valence electrons. The molecule has 1 aliphatic heterocycles. The van der Waals surface area contributed by atoms with Gasteiger partial charge in [0.05, 0.1) is 6.04 Å². The third-order valence-electron chi connectivity index (χ3n) is 3.52. The first-order chi connectivity index (χ1) is 7.63. The summed E-state index contributed by atoms with van der Waals surface area (Å²) in [6.07, 6.45) is 3.66. The van der Waals surface area contributed by atoms with Crippen molar-refractivity contribution in [2.75, 3.05) is 33.7 Å². The van der Waals surface area contributed by atoms with Gasteiger partial charge >= 0.3 is 0 Å². The smallest absolute Gasteiger partial charge is 0.236 e. The molecule has 16 heavy (non-hydrogen) atoms. The van der Waals surface area contributed by atoms with Gasteiger partial charge in [-0.1, -0.05) is 0 Å². The Morgan fingerprint density at radius 3 is 2.62 bits per heavy atom. The van der Waals surface area contributed by atoms with Gasteiger partial charge in [-0.05, 0) is 59.3 Å². The van der Waals surface area contributed by atoms with Crippen LogP contribution in [0.25, 0.3) is 0 Å². The summed E-state index contributed by atoms with van der Waals surface area (Å²) in [6, 6.07) is -0.0857. The fourth-order valence-corrected chi connectivity index (χ4v) is 2.03. The monoisotopic (exact) mass is 227 g/mol. The maximum atomic E-state index is 11.5. The number of nitrogens with zero attached hydrogens (tertiary/aromatic N) is 1. The highest BCUT2D eigenvalue weighted by molar-refractivity contribution is 5.81. The van der Waals surface area contributed by atoms with Crippen LogP contribution in [0.5, 0.6) is 0 Å². The summed E-state index contributed by atoms with van der Waals surface area (Å²) in [7, 11) is 3.98. The van der Waals surface area contributed by atoms with E-state index in [-0.39, 0.29) is 11.9 Å². The zero-order chi connectivity index (χ0) is 12.0. The predicted molar refractivity (Wildman–Crippen MR) is 66.4 cm³/mol. The Morgan fingerprint density at radius 2 is 2.06 bits per heavy atom. The van der Waals surface area contributed by atoms with Crippen LogP contribution < -0.4 is 10.6 Å². The van der Waals surface area contributed by atoms with Gasteiger partial charge in [0.25, 0.3) is 0 Å². The molecule has 1 rings (SSSR count). The summed E-state index contributed by atoms with van der Waals surface area (Å²) in [6.45, 7) is 5.10. The van der Waals surface area contributed by atoms with E-state index < -0.39 is 0 Å². The molecule has 0 spiro atoms. The molecule has 0 aromatic carbocycles. The molecule has 1 heterocycles. The Bertz CT molecular complexity index is 212. The Balaban J connectivity index is 2.09. The first-order valence-electron chi connectivity index (χ1n) is 6.27. The first-order valence-corrected chi connectivity index (χ1v) is 6.27. The molecular weight excluding hydrogens is 202 g/mol. The second-order valence-electron chi connectivity index (χ2n) is 4.84. The summed E-state index contributed by atoms with van der Waals surface area (Å²) in [4.78, 5) is 13.9. The van der Waals surface area contributed by atoms with Crippen LogP contribution in [-0.4, -0.2) is 50.6 Å². The zero-order valence-electron chi connectivity index (χ0n) is 10.8. The van der Waals surface area contributed by atoms with Crippen LogP contribution in [0.4, 0.5) is 0 Å². The van der Waals surface area contributed by atoms with Crippen molar-refractivity contribution in [1.29, 1.82) is 0 Å². The van der Waals surface area contributed by atoms with E-state index >= 15 is 0 Å². The van der Waals surface area contributed by atoms with Crippen LogP contribution in [0.1, 0.15) is 26.2 Å². The Morgan fingerprint density at radius 1 is 1.44 bits per heavy atom. The van der Waals surface area contributed by atoms with Gasteiger partial charge < -0.3 is 15.5 Å². The predicted octanol–water partition coefficient (Wildman–Crippen LogP) is 0.442. The summed E-state index contributed by atoms with van der Waals surface area (Å²) in [5.41, 5.74) is 0. The number of hydrogen-bond donors (Lipinski definition) is 2. The maximum Gasteiger partial charge on any atom is 0.236 e. The molecule has 1 aliphatic rings. The van der Waals surface area contributed by atoms with Crippen LogP contribution in [0.15, 0.2) is 0 Å². The number of carbonyl (C=O) groups is 1. The average molecular weight is 227 g/mol. The lowest BCUT2D eigenvalue weighted by Crippen LogP contribution is -2.41. The van der Waals surface area contributed by atoms with Gasteiger partial charge in [-0.2, -0.15) is 0 Å². The lowest BCUT2D eigenvalue weighted by molar-refractivity contribution is -0.122. The third-order valence-corrected chi connectivity index (χ3v) is 3.52. The zero-order valence-corrected chi connectivity index (χ0v) is 10.8. The number of hydrogen-bond acceptors (Lipinski definition) is 3. The number of nitrogens with one attached hydrogen (secondary N) is 2. The van der Waals surface area contributed by atoms with Crippen LogP contribution in [0.2, 0.25) is 0 Å².